The van der Waals surface area contributed by atoms with Crippen LogP contribution < -0.4 is 3.07 Å². The first kappa shape index (κ1) is 11.2. The number of hydrogen-bond donors (Lipinski definition) is 0. The molecular formula is C10H16Hg. The van der Waals surface area contributed by atoms with Crippen LogP contribution in [0.4, 0.5) is 0 Å². The predicted molar refractivity (Wildman–Crippen MR) is 48.0 cm³/mol. The van der Waals surface area contributed by atoms with Gasteiger partial charge in [-0.25, -0.2) is 0 Å². The first-order chi connectivity index (χ1) is 5.33. The third kappa shape index (κ3) is 4.57. The molecule has 1 aromatic rings. The summed E-state index contributed by atoms with van der Waals surface area (Å²) in [4.78, 5) is 0. The molecule has 0 aliphatic heterocycles. The van der Waals surface area contributed by atoms with Crippen molar-refractivity contribution in [1.29, 1.82) is 0 Å². The Kier molecular flexibility index (Phi) is 6.94. The van der Waals surface area contributed by atoms with E-state index < -0.39 is 24.6 Å². The number of benzene rings is 1. The molecule has 0 heterocycles. The van der Waals surface area contributed by atoms with E-state index in [1.54, 1.807) is 3.07 Å². The topological polar surface area (TPSA) is 0 Å². The van der Waals surface area contributed by atoms with E-state index in [-0.39, 0.29) is 0 Å². The third-order valence-electron chi connectivity index (χ3n) is 1.53. The molecule has 0 saturated carbocycles. The summed E-state index contributed by atoms with van der Waals surface area (Å²) in [5.41, 5.74) is 1.38. The fraction of sp³-hybridized carbons (Fsp3) is 0.400. The van der Waals surface area contributed by atoms with Gasteiger partial charge < -0.3 is 0 Å². The number of aryl methyl sites for hydroxylation is 1. The van der Waals surface area contributed by atoms with Crippen LogP contribution in [0.2, 0.25) is 4.43 Å². The molecule has 0 nitrogen and oxygen atoms in total. The van der Waals surface area contributed by atoms with Gasteiger partial charge in [0, 0.05) is 0 Å². The van der Waals surface area contributed by atoms with Gasteiger partial charge in [0.15, 0.2) is 0 Å². The molecule has 0 aromatic heterocycles. The average molecular weight is 337 g/mol. The van der Waals surface area contributed by atoms with Gasteiger partial charge in [-0.3, -0.25) is 0 Å². The molecule has 1 aromatic carbocycles. The number of hydrogen-bond acceptors (Lipinski definition) is 0. The zero-order valence-corrected chi connectivity index (χ0v) is 13.5. The van der Waals surface area contributed by atoms with Crippen molar-refractivity contribution in [3.63, 3.8) is 0 Å². The van der Waals surface area contributed by atoms with Crippen LogP contribution >= 0.6 is 0 Å². The first-order valence-corrected chi connectivity index (χ1v) is 12.6. The Morgan fingerprint density at radius 1 is 1.00 bits per heavy atom. The number of rotatable bonds is 1. The van der Waals surface area contributed by atoms with Crippen molar-refractivity contribution in [1.82, 2.24) is 0 Å². The molecular weight excluding hydrogens is 321 g/mol. The molecule has 1 rings (SSSR count). The van der Waals surface area contributed by atoms with Crippen molar-refractivity contribution < 1.29 is 24.6 Å². The minimum absolute atomic E-state index is 0.563. The van der Waals surface area contributed by atoms with Crippen molar-refractivity contribution in [2.45, 2.75) is 25.2 Å². The quantitative estimate of drug-likeness (QED) is 0.692. The van der Waals surface area contributed by atoms with Gasteiger partial charge in [0.25, 0.3) is 0 Å². The van der Waals surface area contributed by atoms with E-state index >= 15 is 0 Å². The summed E-state index contributed by atoms with van der Waals surface area (Å²) in [6, 6.07) is 8.96. The van der Waals surface area contributed by atoms with Crippen molar-refractivity contribution in [3.05, 3.63) is 29.8 Å². The Morgan fingerprint density at radius 2 is 1.45 bits per heavy atom. The van der Waals surface area contributed by atoms with Crippen LogP contribution in [0.25, 0.3) is 0 Å². The molecule has 0 N–H and O–H groups in total. The Labute approximate surface area is 82.5 Å². The second-order valence-electron chi connectivity index (χ2n) is 2.34. The summed E-state index contributed by atoms with van der Waals surface area (Å²) in [6.07, 6.45) is 0. The van der Waals surface area contributed by atoms with Crippen LogP contribution in [-0.4, -0.2) is 0 Å². The fourth-order valence-electron chi connectivity index (χ4n) is 0.824. The molecule has 0 radical (unpaired) electrons. The third-order valence-corrected chi connectivity index (χ3v) is 6.54. The maximum absolute atomic E-state index is 2.39. The van der Waals surface area contributed by atoms with Crippen molar-refractivity contribution in [3.8, 4) is 0 Å². The van der Waals surface area contributed by atoms with E-state index in [1.807, 2.05) is 13.8 Å². The van der Waals surface area contributed by atoms with Gasteiger partial charge in [0.2, 0.25) is 0 Å². The van der Waals surface area contributed by atoms with Crippen molar-refractivity contribution in [2.75, 3.05) is 0 Å². The minimum atomic E-state index is -0.563. The Bertz CT molecular complexity index is 177. The van der Waals surface area contributed by atoms with Crippen LogP contribution in [-0.2, 0) is 24.6 Å². The summed E-state index contributed by atoms with van der Waals surface area (Å²) in [6.45, 7) is 6.14. The molecule has 0 saturated heterocycles. The molecule has 0 aliphatic carbocycles. The zero-order chi connectivity index (χ0) is 8.69. The zero-order valence-electron chi connectivity index (χ0n) is 8.02. The van der Waals surface area contributed by atoms with Crippen molar-refractivity contribution >= 4 is 3.07 Å². The van der Waals surface area contributed by atoms with Gasteiger partial charge in [-0.1, -0.05) is 13.8 Å². The normalized spacial score (nSPS) is 7.64. The van der Waals surface area contributed by atoms with Gasteiger partial charge >= 0.3 is 68.8 Å². The van der Waals surface area contributed by atoms with Crippen LogP contribution in [0, 0.1) is 6.92 Å². The molecule has 0 fully saturated rings. The van der Waals surface area contributed by atoms with E-state index in [0.29, 0.717) is 0 Å². The monoisotopic (exact) mass is 338 g/mol. The first-order valence-electron chi connectivity index (χ1n) is 4.38. The Morgan fingerprint density at radius 3 is 1.82 bits per heavy atom. The summed E-state index contributed by atoms with van der Waals surface area (Å²) in [5, 5.41) is 0. The Hall–Kier alpha value is 0.155. The van der Waals surface area contributed by atoms with Crippen LogP contribution in [0.5, 0.6) is 0 Å². The molecule has 0 spiro atoms. The van der Waals surface area contributed by atoms with E-state index in [2.05, 4.69) is 35.6 Å². The van der Waals surface area contributed by atoms with Crippen LogP contribution in [0.1, 0.15) is 19.4 Å². The maximum atomic E-state index is 2.39. The van der Waals surface area contributed by atoms with E-state index in [4.69, 9.17) is 0 Å². The molecule has 0 unspecified atom stereocenters. The van der Waals surface area contributed by atoms with E-state index in [9.17, 15) is 0 Å². The molecule has 0 atom stereocenters. The summed E-state index contributed by atoms with van der Waals surface area (Å²) in [7, 11) is 0. The summed E-state index contributed by atoms with van der Waals surface area (Å²) < 4.78 is 4.03. The van der Waals surface area contributed by atoms with Gasteiger partial charge in [-0.15, -0.1) is 0 Å². The molecule has 1 heteroatoms. The average Bonchev–Trinajstić information content (AvgIpc) is 2.10. The summed E-state index contributed by atoms with van der Waals surface area (Å²) in [5.74, 6) is 0. The van der Waals surface area contributed by atoms with E-state index in [1.165, 1.54) is 5.56 Å². The SMILES string of the molecule is CC.[CH3][Hg][c]1ccc(C)cc1. The standard InChI is InChI=1S/C7H7.C2H6.CH3.Hg/c1-7-5-3-2-4-6-7;1-2;;/h3-6H,1H3;1-2H3;1H3;. The van der Waals surface area contributed by atoms with Crippen LogP contribution in [0.3, 0.4) is 0 Å². The van der Waals surface area contributed by atoms with Gasteiger partial charge in [-0.2, -0.15) is 0 Å². The fourth-order valence-corrected chi connectivity index (χ4v) is 3.57. The molecule has 11 heavy (non-hydrogen) atoms. The summed E-state index contributed by atoms with van der Waals surface area (Å²) >= 11 is -0.563. The Balaban J connectivity index is 0.000000461. The predicted octanol–water partition coefficient (Wildman–Crippen LogP) is 2.78. The van der Waals surface area contributed by atoms with Crippen LogP contribution in [0.15, 0.2) is 24.3 Å². The van der Waals surface area contributed by atoms with Gasteiger partial charge in [0.1, 0.15) is 0 Å². The molecule has 0 amide bonds. The van der Waals surface area contributed by atoms with Gasteiger partial charge in [0.05, 0.1) is 0 Å². The second-order valence-corrected chi connectivity index (χ2v) is 8.26. The van der Waals surface area contributed by atoms with Gasteiger partial charge in [-0.05, 0) is 0 Å². The second kappa shape index (κ2) is 6.84. The van der Waals surface area contributed by atoms with Crippen molar-refractivity contribution in [2.24, 2.45) is 0 Å². The molecule has 0 aliphatic rings. The van der Waals surface area contributed by atoms with E-state index in [0.717, 1.165) is 0 Å². The molecule has 0 bridgehead atoms. The molecule has 58 valence electrons.